The van der Waals surface area contributed by atoms with Crippen LogP contribution in [0.1, 0.15) is 25.8 Å². The highest BCUT2D eigenvalue weighted by molar-refractivity contribution is 5.77. The van der Waals surface area contributed by atoms with Crippen molar-refractivity contribution in [3.05, 3.63) is 35.9 Å². The van der Waals surface area contributed by atoms with Crippen LogP contribution in [0.15, 0.2) is 30.3 Å². The highest BCUT2D eigenvalue weighted by Gasteiger charge is 2.00. The van der Waals surface area contributed by atoms with Crippen molar-refractivity contribution >= 4 is 5.91 Å². The Morgan fingerprint density at radius 2 is 1.89 bits per heavy atom. The molecule has 1 aromatic carbocycles. The van der Waals surface area contributed by atoms with Crippen LogP contribution in [0.25, 0.3) is 0 Å². The summed E-state index contributed by atoms with van der Waals surface area (Å²) in [5, 5.41) is 6.07. The fourth-order valence-corrected chi connectivity index (χ4v) is 1.65. The van der Waals surface area contributed by atoms with Gasteiger partial charge in [0.1, 0.15) is 0 Å². The van der Waals surface area contributed by atoms with Gasteiger partial charge in [0.15, 0.2) is 0 Å². The minimum Gasteiger partial charge on any atom is -0.355 e. The van der Waals surface area contributed by atoms with Crippen LogP contribution in [-0.4, -0.2) is 25.5 Å². The van der Waals surface area contributed by atoms with Gasteiger partial charge in [-0.05, 0) is 30.9 Å². The number of hydrogen-bond donors (Lipinski definition) is 2. The summed E-state index contributed by atoms with van der Waals surface area (Å²) in [4.78, 5) is 11.5. The molecule has 0 aromatic heterocycles. The van der Waals surface area contributed by atoms with Crippen molar-refractivity contribution in [1.29, 1.82) is 0 Å². The molecule has 0 bridgehead atoms. The highest BCUT2D eigenvalue weighted by atomic mass is 16.1. The Morgan fingerprint density at radius 1 is 1.17 bits per heavy atom. The molecule has 0 aliphatic carbocycles. The van der Waals surface area contributed by atoms with Crippen LogP contribution in [-0.2, 0) is 11.2 Å². The van der Waals surface area contributed by atoms with E-state index in [-0.39, 0.29) is 5.91 Å². The van der Waals surface area contributed by atoms with E-state index in [2.05, 4.69) is 36.6 Å². The van der Waals surface area contributed by atoms with E-state index in [1.54, 1.807) is 0 Å². The molecule has 3 nitrogen and oxygen atoms in total. The van der Waals surface area contributed by atoms with Gasteiger partial charge in [0.05, 0.1) is 6.54 Å². The van der Waals surface area contributed by atoms with Crippen LogP contribution in [0.4, 0.5) is 0 Å². The van der Waals surface area contributed by atoms with E-state index in [4.69, 9.17) is 0 Å². The first-order chi connectivity index (χ1) is 8.68. The van der Waals surface area contributed by atoms with Gasteiger partial charge in [0.25, 0.3) is 0 Å². The normalized spacial score (nSPS) is 10.6. The lowest BCUT2D eigenvalue weighted by Gasteiger charge is -2.08. The number of amides is 1. The summed E-state index contributed by atoms with van der Waals surface area (Å²) in [6.07, 6.45) is 2.00. The average molecular weight is 248 g/mol. The topological polar surface area (TPSA) is 41.1 Å². The molecule has 0 spiro atoms. The zero-order valence-corrected chi connectivity index (χ0v) is 11.4. The number of hydrogen-bond acceptors (Lipinski definition) is 2. The molecule has 0 heterocycles. The molecule has 1 rings (SSSR count). The molecule has 0 fully saturated rings. The van der Waals surface area contributed by atoms with Crippen LogP contribution in [0.3, 0.4) is 0 Å². The molecule has 0 unspecified atom stereocenters. The standard InChI is InChI=1S/C15H24N2O/c1-13(2)8-10-16-12-15(18)17-11-9-14-6-4-3-5-7-14/h3-7,13,16H,8-12H2,1-2H3,(H,17,18). The fraction of sp³-hybridized carbons (Fsp3) is 0.533. The summed E-state index contributed by atoms with van der Waals surface area (Å²) < 4.78 is 0. The van der Waals surface area contributed by atoms with Crippen LogP contribution in [0, 0.1) is 5.92 Å². The summed E-state index contributed by atoms with van der Waals surface area (Å²) in [6, 6.07) is 10.2. The first kappa shape index (κ1) is 14.7. The van der Waals surface area contributed by atoms with Crippen LogP contribution >= 0.6 is 0 Å². The maximum absolute atomic E-state index is 11.5. The third-order valence-electron chi connectivity index (χ3n) is 2.76. The Kier molecular flexibility index (Phi) is 7.11. The molecule has 3 heteroatoms. The van der Waals surface area contributed by atoms with Crippen LogP contribution < -0.4 is 10.6 Å². The van der Waals surface area contributed by atoms with Crippen LogP contribution in [0.5, 0.6) is 0 Å². The number of carbonyl (C=O) groups is 1. The van der Waals surface area contributed by atoms with Crippen molar-refractivity contribution in [2.45, 2.75) is 26.7 Å². The van der Waals surface area contributed by atoms with Gasteiger partial charge in [-0.1, -0.05) is 44.2 Å². The molecule has 18 heavy (non-hydrogen) atoms. The lowest BCUT2D eigenvalue weighted by molar-refractivity contribution is -0.120. The summed E-state index contributed by atoms with van der Waals surface area (Å²) in [6.45, 7) is 6.39. The molecule has 1 amide bonds. The number of nitrogens with one attached hydrogen (secondary N) is 2. The van der Waals surface area contributed by atoms with E-state index in [0.29, 0.717) is 19.0 Å². The van der Waals surface area contributed by atoms with Gasteiger partial charge in [-0.3, -0.25) is 4.79 Å². The van der Waals surface area contributed by atoms with Gasteiger partial charge >= 0.3 is 0 Å². The zero-order valence-electron chi connectivity index (χ0n) is 11.4. The van der Waals surface area contributed by atoms with E-state index >= 15 is 0 Å². The van der Waals surface area contributed by atoms with Crippen molar-refractivity contribution in [3.63, 3.8) is 0 Å². The van der Waals surface area contributed by atoms with E-state index in [9.17, 15) is 4.79 Å². The highest BCUT2D eigenvalue weighted by Crippen LogP contribution is 1.98. The number of rotatable bonds is 8. The third-order valence-corrected chi connectivity index (χ3v) is 2.76. The van der Waals surface area contributed by atoms with E-state index < -0.39 is 0 Å². The van der Waals surface area contributed by atoms with Gasteiger partial charge in [-0.15, -0.1) is 0 Å². The van der Waals surface area contributed by atoms with Crippen molar-refractivity contribution in [1.82, 2.24) is 10.6 Å². The largest absolute Gasteiger partial charge is 0.355 e. The van der Waals surface area contributed by atoms with E-state index in [0.717, 1.165) is 19.4 Å². The van der Waals surface area contributed by atoms with Gasteiger partial charge < -0.3 is 10.6 Å². The van der Waals surface area contributed by atoms with Gasteiger partial charge in [0.2, 0.25) is 5.91 Å². The van der Waals surface area contributed by atoms with E-state index in [1.165, 1.54) is 5.56 Å². The molecular weight excluding hydrogens is 224 g/mol. The molecule has 0 saturated heterocycles. The predicted octanol–water partition coefficient (Wildman–Crippen LogP) is 1.98. The predicted molar refractivity (Wildman–Crippen MR) is 75.5 cm³/mol. The third kappa shape index (κ3) is 7.07. The second kappa shape index (κ2) is 8.70. The van der Waals surface area contributed by atoms with Crippen molar-refractivity contribution in [2.24, 2.45) is 5.92 Å². The summed E-state index contributed by atoms with van der Waals surface area (Å²) in [5.74, 6) is 0.758. The Morgan fingerprint density at radius 3 is 2.56 bits per heavy atom. The quantitative estimate of drug-likeness (QED) is 0.691. The molecular formula is C15H24N2O. The maximum Gasteiger partial charge on any atom is 0.233 e. The Bertz CT molecular complexity index is 336. The Balaban J connectivity index is 2.03. The van der Waals surface area contributed by atoms with Crippen LogP contribution in [0.2, 0.25) is 0 Å². The molecule has 100 valence electrons. The average Bonchev–Trinajstić information content (AvgIpc) is 2.36. The lowest BCUT2D eigenvalue weighted by Crippen LogP contribution is -2.35. The van der Waals surface area contributed by atoms with E-state index in [1.807, 2.05) is 18.2 Å². The van der Waals surface area contributed by atoms with Gasteiger partial charge in [-0.2, -0.15) is 0 Å². The first-order valence-electron chi connectivity index (χ1n) is 6.70. The minimum absolute atomic E-state index is 0.0784. The molecule has 0 aliphatic rings. The second-order valence-corrected chi connectivity index (χ2v) is 4.94. The number of carbonyl (C=O) groups excluding carboxylic acids is 1. The summed E-state index contributed by atoms with van der Waals surface area (Å²) >= 11 is 0. The van der Waals surface area contributed by atoms with Crippen molar-refractivity contribution in [2.75, 3.05) is 19.6 Å². The fourth-order valence-electron chi connectivity index (χ4n) is 1.65. The van der Waals surface area contributed by atoms with Crippen molar-refractivity contribution in [3.8, 4) is 0 Å². The van der Waals surface area contributed by atoms with Gasteiger partial charge in [-0.25, -0.2) is 0 Å². The molecule has 2 N–H and O–H groups in total. The minimum atomic E-state index is 0.0784. The van der Waals surface area contributed by atoms with Gasteiger partial charge in [0, 0.05) is 6.54 Å². The molecule has 1 aromatic rings. The second-order valence-electron chi connectivity index (χ2n) is 4.94. The SMILES string of the molecule is CC(C)CCNCC(=O)NCCc1ccccc1. The molecule has 0 radical (unpaired) electrons. The number of benzene rings is 1. The summed E-state index contributed by atoms with van der Waals surface area (Å²) in [5.41, 5.74) is 1.26. The first-order valence-corrected chi connectivity index (χ1v) is 6.70. The molecule has 0 aliphatic heterocycles. The lowest BCUT2D eigenvalue weighted by atomic mass is 10.1. The zero-order chi connectivity index (χ0) is 13.2. The Labute approximate surface area is 110 Å². The molecule has 0 saturated carbocycles. The van der Waals surface area contributed by atoms with Crippen molar-refractivity contribution < 1.29 is 4.79 Å². The smallest absolute Gasteiger partial charge is 0.233 e. The summed E-state index contributed by atoms with van der Waals surface area (Å²) in [7, 11) is 0. The Hall–Kier alpha value is -1.35. The monoisotopic (exact) mass is 248 g/mol. The molecule has 0 atom stereocenters. The maximum atomic E-state index is 11.5.